The van der Waals surface area contributed by atoms with Crippen molar-refractivity contribution in [3.63, 3.8) is 0 Å². The van der Waals surface area contributed by atoms with Gasteiger partial charge in [-0.3, -0.25) is 4.79 Å². The lowest BCUT2D eigenvalue weighted by Crippen LogP contribution is -2.16. The van der Waals surface area contributed by atoms with E-state index in [0.29, 0.717) is 0 Å². The molecule has 0 aliphatic rings. The smallest absolute Gasteiger partial charge is 0.230 e. The second-order valence-corrected chi connectivity index (χ2v) is 4.17. The molecule has 1 amide bonds. The van der Waals surface area contributed by atoms with E-state index in [1.165, 1.54) is 12.1 Å². The van der Waals surface area contributed by atoms with Crippen LogP contribution in [0.25, 0.3) is 0 Å². The number of aromatic nitrogens is 1. The van der Waals surface area contributed by atoms with Crippen molar-refractivity contribution in [2.24, 2.45) is 0 Å². The lowest BCUT2D eigenvalue weighted by Gasteiger charge is -2.06. The summed E-state index contributed by atoms with van der Waals surface area (Å²) in [6.45, 7) is 0. The van der Waals surface area contributed by atoms with E-state index in [9.17, 15) is 13.6 Å². The molecule has 2 rings (SSSR count). The molecule has 3 nitrogen and oxygen atoms in total. The summed E-state index contributed by atoms with van der Waals surface area (Å²) in [6.07, 6.45) is -0.280. The molecule has 0 fully saturated rings. The van der Waals surface area contributed by atoms with Crippen molar-refractivity contribution in [1.82, 2.24) is 4.98 Å². The average Bonchev–Trinajstić information content (AvgIpc) is 2.35. The summed E-state index contributed by atoms with van der Waals surface area (Å²) < 4.78 is 26.3. The summed E-state index contributed by atoms with van der Waals surface area (Å²) in [7, 11) is 0. The summed E-state index contributed by atoms with van der Waals surface area (Å²) in [4.78, 5) is 15.5. The number of nitrogens with zero attached hydrogens (tertiary/aromatic N) is 1. The van der Waals surface area contributed by atoms with Crippen molar-refractivity contribution in [3.05, 3.63) is 58.7 Å². The van der Waals surface area contributed by atoms with Gasteiger partial charge in [0.15, 0.2) is 11.6 Å². The Morgan fingerprint density at radius 2 is 1.95 bits per heavy atom. The molecule has 1 N–H and O–H groups in total. The number of benzene rings is 1. The third-order valence-corrected chi connectivity index (χ3v) is 2.58. The lowest BCUT2D eigenvalue weighted by atomic mass is 10.1. The molecular weight excluding hydrogens is 274 g/mol. The van der Waals surface area contributed by atoms with Gasteiger partial charge in [-0.05, 0) is 18.2 Å². The minimum Gasteiger partial charge on any atom is -0.310 e. The molecule has 0 aliphatic carbocycles. The maximum absolute atomic E-state index is 13.4. The van der Waals surface area contributed by atoms with Crippen LogP contribution >= 0.6 is 11.6 Å². The Morgan fingerprint density at radius 3 is 2.68 bits per heavy atom. The van der Waals surface area contributed by atoms with Gasteiger partial charge in [0.1, 0.15) is 11.0 Å². The number of hydrogen-bond donors (Lipinski definition) is 1. The van der Waals surface area contributed by atoms with Crippen molar-refractivity contribution < 1.29 is 13.6 Å². The quantitative estimate of drug-likeness (QED) is 0.879. The third-order valence-electron chi connectivity index (χ3n) is 2.37. The highest BCUT2D eigenvalue weighted by molar-refractivity contribution is 6.29. The molecule has 1 aromatic heterocycles. The monoisotopic (exact) mass is 282 g/mol. The number of anilines is 1. The van der Waals surface area contributed by atoms with E-state index in [0.717, 1.165) is 6.07 Å². The fraction of sp³-hybridized carbons (Fsp3) is 0.0769. The molecule has 0 saturated carbocycles. The number of rotatable bonds is 3. The van der Waals surface area contributed by atoms with E-state index in [4.69, 9.17) is 11.6 Å². The van der Waals surface area contributed by atoms with Crippen LogP contribution in [0.4, 0.5) is 14.6 Å². The van der Waals surface area contributed by atoms with Gasteiger partial charge in [0.2, 0.25) is 5.91 Å². The second-order valence-electron chi connectivity index (χ2n) is 3.78. The molecule has 1 aromatic carbocycles. The molecule has 2 aromatic rings. The van der Waals surface area contributed by atoms with Crippen molar-refractivity contribution in [1.29, 1.82) is 0 Å². The topological polar surface area (TPSA) is 42.0 Å². The minimum absolute atomic E-state index is 0.0143. The fourth-order valence-electron chi connectivity index (χ4n) is 1.52. The highest BCUT2D eigenvalue weighted by atomic mass is 35.5. The number of halogens is 3. The van der Waals surface area contributed by atoms with Gasteiger partial charge in [-0.1, -0.05) is 29.8 Å². The number of carbonyl (C=O) groups excluding carboxylic acids is 1. The number of nitrogens with one attached hydrogen (secondary N) is 1. The average molecular weight is 283 g/mol. The van der Waals surface area contributed by atoms with Crippen molar-refractivity contribution >= 4 is 23.3 Å². The summed E-state index contributed by atoms with van der Waals surface area (Å²) in [6, 6.07) is 8.42. The molecule has 0 unspecified atom stereocenters. The van der Waals surface area contributed by atoms with Crippen LogP contribution in [0.15, 0.2) is 36.4 Å². The Balaban J connectivity index is 2.08. The molecular formula is C13H9ClF2N2O. The third kappa shape index (κ3) is 3.48. The largest absolute Gasteiger partial charge is 0.310 e. The van der Waals surface area contributed by atoms with Gasteiger partial charge in [0.05, 0.1) is 6.42 Å². The van der Waals surface area contributed by atoms with Crippen molar-refractivity contribution in [2.75, 3.05) is 5.32 Å². The van der Waals surface area contributed by atoms with Crippen LogP contribution in [-0.4, -0.2) is 10.9 Å². The summed E-state index contributed by atoms with van der Waals surface area (Å²) >= 11 is 5.66. The van der Waals surface area contributed by atoms with E-state index in [1.807, 2.05) is 0 Å². The molecule has 0 radical (unpaired) electrons. The summed E-state index contributed by atoms with van der Waals surface area (Å²) in [5.74, 6) is -2.24. The Morgan fingerprint density at radius 1 is 1.21 bits per heavy atom. The second kappa shape index (κ2) is 5.75. The normalized spacial score (nSPS) is 10.3. The van der Waals surface area contributed by atoms with Gasteiger partial charge in [0, 0.05) is 5.56 Å². The van der Waals surface area contributed by atoms with Crippen LogP contribution in [0.3, 0.4) is 0 Å². The molecule has 0 bridgehead atoms. The first kappa shape index (κ1) is 13.4. The van der Waals surface area contributed by atoms with E-state index < -0.39 is 17.5 Å². The molecule has 0 atom stereocenters. The van der Waals surface area contributed by atoms with Gasteiger partial charge >= 0.3 is 0 Å². The zero-order valence-electron chi connectivity index (χ0n) is 9.66. The van der Waals surface area contributed by atoms with Crippen LogP contribution < -0.4 is 5.32 Å². The Bertz CT molecular complexity index is 619. The molecule has 6 heteroatoms. The van der Waals surface area contributed by atoms with Crippen molar-refractivity contribution in [3.8, 4) is 0 Å². The Labute approximate surface area is 113 Å². The number of hydrogen-bond acceptors (Lipinski definition) is 2. The first-order valence-electron chi connectivity index (χ1n) is 5.41. The van der Waals surface area contributed by atoms with Crippen LogP contribution in [0.5, 0.6) is 0 Å². The highest BCUT2D eigenvalue weighted by Gasteiger charge is 2.12. The molecule has 0 saturated heterocycles. The van der Waals surface area contributed by atoms with Crippen LogP contribution in [0.1, 0.15) is 5.56 Å². The number of pyridine rings is 1. The van der Waals surface area contributed by atoms with Crippen LogP contribution in [0.2, 0.25) is 5.15 Å². The first-order chi connectivity index (χ1) is 9.06. The van der Waals surface area contributed by atoms with Gasteiger partial charge in [-0.2, -0.15) is 0 Å². The minimum atomic E-state index is -1.02. The van der Waals surface area contributed by atoms with Crippen LogP contribution in [-0.2, 0) is 11.2 Å². The maximum Gasteiger partial charge on any atom is 0.230 e. The van der Waals surface area contributed by atoms with E-state index in [-0.39, 0.29) is 23.0 Å². The summed E-state index contributed by atoms with van der Waals surface area (Å²) in [5, 5.41) is 2.69. The Kier molecular flexibility index (Phi) is 4.06. The zero-order valence-corrected chi connectivity index (χ0v) is 10.4. The molecule has 19 heavy (non-hydrogen) atoms. The van der Waals surface area contributed by atoms with Crippen LogP contribution in [0, 0.1) is 11.6 Å². The predicted molar refractivity (Wildman–Crippen MR) is 67.9 cm³/mol. The molecule has 0 aliphatic heterocycles. The number of carbonyl (C=O) groups is 1. The highest BCUT2D eigenvalue weighted by Crippen LogP contribution is 2.13. The number of amides is 1. The molecule has 1 heterocycles. The fourth-order valence-corrected chi connectivity index (χ4v) is 1.69. The maximum atomic E-state index is 13.4. The zero-order chi connectivity index (χ0) is 13.8. The lowest BCUT2D eigenvalue weighted by molar-refractivity contribution is -0.115. The Hall–Kier alpha value is -2.01. The van der Waals surface area contributed by atoms with Gasteiger partial charge in [0.25, 0.3) is 0 Å². The SMILES string of the molecule is O=C(Cc1cccc(F)c1F)Nc1cccc(Cl)n1. The van der Waals surface area contributed by atoms with Gasteiger partial charge in [-0.15, -0.1) is 0 Å². The van der Waals surface area contributed by atoms with Gasteiger partial charge in [-0.25, -0.2) is 13.8 Å². The standard InChI is InChI=1S/C13H9ClF2N2O/c14-10-5-2-6-11(17-10)18-12(19)7-8-3-1-4-9(15)13(8)16/h1-6H,7H2,(H,17,18,19). The van der Waals surface area contributed by atoms with Gasteiger partial charge < -0.3 is 5.32 Å². The molecule has 98 valence electrons. The summed E-state index contributed by atoms with van der Waals surface area (Å²) in [5.41, 5.74) is -0.0143. The molecule has 0 spiro atoms. The van der Waals surface area contributed by atoms with Crippen molar-refractivity contribution in [2.45, 2.75) is 6.42 Å². The first-order valence-corrected chi connectivity index (χ1v) is 5.79. The van der Waals surface area contributed by atoms with E-state index >= 15 is 0 Å². The van der Waals surface area contributed by atoms with E-state index in [1.54, 1.807) is 18.2 Å². The van der Waals surface area contributed by atoms with E-state index in [2.05, 4.69) is 10.3 Å². The predicted octanol–water partition coefficient (Wildman–Crippen LogP) is 3.19.